The van der Waals surface area contributed by atoms with Crippen LogP contribution >= 0.6 is 0 Å². The van der Waals surface area contributed by atoms with Crippen molar-refractivity contribution in [1.82, 2.24) is 0 Å². The van der Waals surface area contributed by atoms with Gasteiger partial charge in [-0.2, -0.15) is 0 Å². The summed E-state index contributed by atoms with van der Waals surface area (Å²) in [6.07, 6.45) is 4.05. The van der Waals surface area contributed by atoms with Crippen LogP contribution in [-0.4, -0.2) is 6.61 Å². The van der Waals surface area contributed by atoms with Gasteiger partial charge in [0, 0.05) is 0 Å². The number of ether oxygens (including phenoxy) is 1. The predicted molar refractivity (Wildman–Crippen MR) is 70.2 cm³/mol. The molecule has 1 rings (SSSR count). The highest BCUT2D eigenvalue weighted by atomic mass is 16.5. The third-order valence-corrected chi connectivity index (χ3v) is 2.77. The summed E-state index contributed by atoms with van der Waals surface area (Å²) in [4.78, 5) is 0. The maximum Gasteiger partial charge on any atom is 0.119 e. The molecule has 0 bridgehead atoms. The van der Waals surface area contributed by atoms with Crippen molar-refractivity contribution in [3.8, 4) is 5.75 Å². The Morgan fingerprint density at radius 3 is 2.75 bits per heavy atom. The fourth-order valence-electron chi connectivity index (χ4n) is 1.89. The minimum absolute atomic E-state index is 0.540. The standard InChI is InChI=1S/C15H22O/c1-5-7-12(3)15-9-8-14(11-13(15)4)16-10-6-2/h5,8-9,11-12H,1,6-7,10H2,2-4H3. The molecular formula is C15H22O. The van der Waals surface area contributed by atoms with Gasteiger partial charge in [-0.3, -0.25) is 0 Å². The monoisotopic (exact) mass is 218 g/mol. The molecule has 0 N–H and O–H groups in total. The third-order valence-electron chi connectivity index (χ3n) is 2.77. The van der Waals surface area contributed by atoms with Crippen molar-refractivity contribution in [3.63, 3.8) is 0 Å². The summed E-state index contributed by atoms with van der Waals surface area (Å²) in [5.74, 6) is 1.52. The highest BCUT2D eigenvalue weighted by Crippen LogP contribution is 2.26. The molecule has 1 heteroatoms. The van der Waals surface area contributed by atoms with Gasteiger partial charge in [0.25, 0.3) is 0 Å². The summed E-state index contributed by atoms with van der Waals surface area (Å²) in [7, 11) is 0. The van der Waals surface area contributed by atoms with E-state index in [-0.39, 0.29) is 0 Å². The summed E-state index contributed by atoms with van der Waals surface area (Å²) < 4.78 is 5.61. The molecule has 1 atom stereocenters. The molecular weight excluding hydrogens is 196 g/mol. The van der Waals surface area contributed by atoms with Gasteiger partial charge in [-0.05, 0) is 48.9 Å². The first-order valence-corrected chi connectivity index (χ1v) is 6.03. The second kappa shape index (κ2) is 6.37. The van der Waals surface area contributed by atoms with E-state index in [1.165, 1.54) is 11.1 Å². The van der Waals surface area contributed by atoms with Crippen LogP contribution in [0.5, 0.6) is 5.75 Å². The maximum absolute atomic E-state index is 5.61. The topological polar surface area (TPSA) is 9.23 Å². The maximum atomic E-state index is 5.61. The fraction of sp³-hybridized carbons (Fsp3) is 0.467. The van der Waals surface area contributed by atoms with Crippen LogP contribution in [0.1, 0.15) is 43.7 Å². The Morgan fingerprint density at radius 1 is 1.44 bits per heavy atom. The number of rotatable bonds is 6. The molecule has 0 heterocycles. The van der Waals surface area contributed by atoms with Crippen LogP contribution in [0, 0.1) is 6.92 Å². The largest absolute Gasteiger partial charge is 0.494 e. The van der Waals surface area contributed by atoms with Crippen LogP contribution in [0.25, 0.3) is 0 Å². The lowest BCUT2D eigenvalue weighted by Gasteiger charge is -2.14. The third kappa shape index (κ3) is 3.41. The molecule has 0 aliphatic heterocycles. The SMILES string of the molecule is C=CCC(C)c1ccc(OCCC)cc1C. The molecule has 0 aliphatic rings. The fourth-order valence-corrected chi connectivity index (χ4v) is 1.89. The second-order valence-corrected chi connectivity index (χ2v) is 4.29. The molecule has 0 amide bonds. The molecule has 1 nitrogen and oxygen atoms in total. The number of aryl methyl sites for hydroxylation is 1. The molecule has 0 saturated carbocycles. The van der Waals surface area contributed by atoms with Crippen molar-refractivity contribution in [3.05, 3.63) is 42.0 Å². The van der Waals surface area contributed by atoms with Gasteiger partial charge in [-0.25, -0.2) is 0 Å². The van der Waals surface area contributed by atoms with Crippen LogP contribution in [-0.2, 0) is 0 Å². The zero-order chi connectivity index (χ0) is 12.0. The Labute approximate surface area is 99.1 Å². The van der Waals surface area contributed by atoms with Gasteiger partial charge >= 0.3 is 0 Å². The lowest BCUT2D eigenvalue weighted by molar-refractivity contribution is 0.317. The number of allylic oxidation sites excluding steroid dienone is 1. The summed E-state index contributed by atoms with van der Waals surface area (Å²) in [5, 5.41) is 0. The molecule has 1 aromatic carbocycles. The van der Waals surface area contributed by atoms with Gasteiger partial charge in [-0.15, -0.1) is 6.58 Å². The van der Waals surface area contributed by atoms with Gasteiger partial charge in [0.15, 0.2) is 0 Å². The first-order chi connectivity index (χ1) is 7.69. The Bertz CT molecular complexity index is 341. The number of hydrogen-bond acceptors (Lipinski definition) is 1. The quantitative estimate of drug-likeness (QED) is 0.640. The first-order valence-electron chi connectivity index (χ1n) is 6.03. The molecule has 0 aliphatic carbocycles. The van der Waals surface area contributed by atoms with Crippen LogP contribution in [0.3, 0.4) is 0 Å². The van der Waals surface area contributed by atoms with Gasteiger partial charge in [0.1, 0.15) is 5.75 Å². The Morgan fingerprint density at radius 2 is 2.19 bits per heavy atom. The average molecular weight is 218 g/mol. The van der Waals surface area contributed by atoms with Gasteiger partial charge in [0.2, 0.25) is 0 Å². The van der Waals surface area contributed by atoms with Gasteiger partial charge in [-0.1, -0.05) is 26.0 Å². The smallest absolute Gasteiger partial charge is 0.119 e. The molecule has 0 fully saturated rings. The average Bonchev–Trinajstić information content (AvgIpc) is 2.26. The highest BCUT2D eigenvalue weighted by molar-refractivity contribution is 5.36. The molecule has 88 valence electrons. The van der Waals surface area contributed by atoms with E-state index in [2.05, 4.69) is 45.5 Å². The summed E-state index contributed by atoms with van der Waals surface area (Å²) in [5.41, 5.74) is 2.70. The molecule has 1 unspecified atom stereocenters. The van der Waals surface area contributed by atoms with E-state index >= 15 is 0 Å². The van der Waals surface area contributed by atoms with Crippen molar-refractivity contribution in [1.29, 1.82) is 0 Å². The minimum Gasteiger partial charge on any atom is -0.494 e. The van der Waals surface area contributed by atoms with Crippen molar-refractivity contribution in [2.24, 2.45) is 0 Å². The zero-order valence-electron chi connectivity index (χ0n) is 10.6. The second-order valence-electron chi connectivity index (χ2n) is 4.29. The van der Waals surface area contributed by atoms with Crippen LogP contribution < -0.4 is 4.74 Å². The van der Waals surface area contributed by atoms with Crippen LogP contribution in [0.4, 0.5) is 0 Å². The summed E-state index contributed by atoms with van der Waals surface area (Å²) >= 11 is 0. The van der Waals surface area contributed by atoms with Crippen LogP contribution in [0.15, 0.2) is 30.9 Å². The van der Waals surface area contributed by atoms with Crippen molar-refractivity contribution in [2.45, 2.75) is 39.5 Å². The summed E-state index contributed by atoms with van der Waals surface area (Å²) in [6, 6.07) is 6.37. The molecule has 1 aromatic rings. The van der Waals surface area contributed by atoms with E-state index in [4.69, 9.17) is 4.74 Å². The Kier molecular flexibility index (Phi) is 5.10. The van der Waals surface area contributed by atoms with E-state index in [0.717, 1.165) is 25.2 Å². The van der Waals surface area contributed by atoms with Crippen molar-refractivity contribution >= 4 is 0 Å². The predicted octanol–water partition coefficient (Wildman–Crippen LogP) is 4.46. The summed E-state index contributed by atoms with van der Waals surface area (Å²) in [6.45, 7) is 11.1. The first kappa shape index (κ1) is 12.8. The van der Waals surface area contributed by atoms with Gasteiger partial charge < -0.3 is 4.74 Å². The van der Waals surface area contributed by atoms with Crippen molar-refractivity contribution < 1.29 is 4.74 Å². The molecule has 0 aromatic heterocycles. The number of benzene rings is 1. The Hall–Kier alpha value is -1.24. The lowest BCUT2D eigenvalue weighted by Crippen LogP contribution is -1.99. The highest BCUT2D eigenvalue weighted by Gasteiger charge is 2.07. The Balaban J connectivity index is 2.78. The zero-order valence-corrected chi connectivity index (χ0v) is 10.6. The van der Waals surface area contributed by atoms with E-state index in [0.29, 0.717) is 5.92 Å². The molecule has 0 radical (unpaired) electrons. The number of hydrogen-bond donors (Lipinski definition) is 0. The normalized spacial score (nSPS) is 12.2. The molecule has 16 heavy (non-hydrogen) atoms. The van der Waals surface area contributed by atoms with E-state index in [1.54, 1.807) is 0 Å². The van der Waals surface area contributed by atoms with E-state index in [9.17, 15) is 0 Å². The minimum atomic E-state index is 0.540. The van der Waals surface area contributed by atoms with Crippen molar-refractivity contribution in [2.75, 3.05) is 6.61 Å². The van der Waals surface area contributed by atoms with E-state index in [1.807, 2.05) is 6.08 Å². The van der Waals surface area contributed by atoms with E-state index < -0.39 is 0 Å². The van der Waals surface area contributed by atoms with Gasteiger partial charge in [0.05, 0.1) is 6.61 Å². The molecule has 0 spiro atoms. The van der Waals surface area contributed by atoms with Crippen LogP contribution in [0.2, 0.25) is 0 Å². The molecule has 0 saturated heterocycles. The lowest BCUT2D eigenvalue weighted by atomic mass is 9.94.